The van der Waals surface area contributed by atoms with E-state index in [0.717, 1.165) is 24.3 Å². The Balaban J connectivity index is 1.20. The first-order valence-corrected chi connectivity index (χ1v) is 10.3. The van der Waals surface area contributed by atoms with Gasteiger partial charge in [0.15, 0.2) is 5.65 Å². The molecule has 0 radical (unpaired) electrons. The van der Waals surface area contributed by atoms with Gasteiger partial charge in [-0.2, -0.15) is 0 Å². The van der Waals surface area contributed by atoms with Crippen LogP contribution in [0.1, 0.15) is 22.5 Å². The molecule has 1 aromatic carbocycles. The lowest BCUT2D eigenvalue weighted by molar-refractivity contribution is 0.0952. The number of hydrogen-bond acceptors (Lipinski definition) is 4. The molecule has 0 saturated carbocycles. The highest BCUT2D eigenvalue weighted by atomic mass is 16.1. The van der Waals surface area contributed by atoms with Gasteiger partial charge in [0.05, 0.1) is 24.1 Å². The summed E-state index contributed by atoms with van der Waals surface area (Å²) in [7, 11) is 0. The minimum absolute atomic E-state index is 0.133. The fraction of sp³-hybridized carbons (Fsp3) is 0.167. The van der Waals surface area contributed by atoms with Crippen LogP contribution in [0.5, 0.6) is 0 Å². The van der Waals surface area contributed by atoms with Crippen LogP contribution >= 0.6 is 0 Å². The smallest absolute Gasteiger partial charge is 0.252 e. The summed E-state index contributed by atoms with van der Waals surface area (Å²) in [6.07, 6.45) is 8.04. The van der Waals surface area contributed by atoms with Crippen LogP contribution in [0.2, 0.25) is 0 Å². The molecule has 0 atom stereocenters. The first kappa shape index (κ1) is 19.0. The number of para-hydroxylation sites is 1. The third-order valence-corrected chi connectivity index (χ3v) is 5.32. The maximum atomic E-state index is 12.6. The molecule has 0 unspecified atom stereocenters. The summed E-state index contributed by atoms with van der Waals surface area (Å²) in [5, 5.41) is 4.21. The highest BCUT2D eigenvalue weighted by molar-refractivity contribution is 5.96. The molecule has 0 fully saturated rings. The van der Waals surface area contributed by atoms with E-state index in [4.69, 9.17) is 0 Å². The average molecular weight is 410 g/mol. The minimum Gasteiger partial charge on any atom is -0.352 e. The van der Waals surface area contributed by atoms with Crippen LogP contribution in [0, 0.1) is 0 Å². The van der Waals surface area contributed by atoms with E-state index in [0.29, 0.717) is 24.2 Å². The lowest BCUT2D eigenvalue weighted by atomic mass is 10.2. The monoisotopic (exact) mass is 410 g/mol. The van der Waals surface area contributed by atoms with Crippen molar-refractivity contribution in [2.24, 2.45) is 0 Å². The summed E-state index contributed by atoms with van der Waals surface area (Å²) in [5.74, 6) is -0.133. The Bertz CT molecular complexity index is 1340. The van der Waals surface area contributed by atoms with Crippen LogP contribution in [0.25, 0.3) is 22.1 Å². The fourth-order valence-corrected chi connectivity index (χ4v) is 3.74. The van der Waals surface area contributed by atoms with Gasteiger partial charge in [-0.15, -0.1) is 0 Å². The number of aromatic nitrogens is 5. The largest absolute Gasteiger partial charge is 0.352 e. The number of hydrogen-bond donors (Lipinski definition) is 1. The highest BCUT2D eigenvalue weighted by Crippen LogP contribution is 2.16. The molecule has 5 aromatic rings. The van der Waals surface area contributed by atoms with Crippen molar-refractivity contribution < 1.29 is 4.79 Å². The van der Waals surface area contributed by atoms with Crippen molar-refractivity contribution in [3.63, 3.8) is 0 Å². The van der Waals surface area contributed by atoms with E-state index in [1.165, 1.54) is 10.9 Å². The number of imidazole rings is 1. The molecule has 7 heteroatoms. The Hall–Kier alpha value is -4.00. The van der Waals surface area contributed by atoms with E-state index in [1.807, 2.05) is 34.9 Å². The Kier molecular flexibility index (Phi) is 5.14. The maximum Gasteiger partial charge on any atom is 0.252 e. The SMILES string of the molecule is O=C(NCCCn1ccc2ccccc21)c1cnc2c(c1)ncn2Cc1ccccn1. The average Bonchev–Trinajstić information content (AvgIpc) is 3.41. The number of aryl methyl sites for hydroxylation is 1. The maximum absolute atomic E-state index is 12.6. The van der Waals surface area contributed by atoms with E-state index >= 15 is 0 Å². The highest BCUT2D eigenvalue weighted by Gasteiger charge is 2.11. The lowest BCUT2D eigenvalue weighted by Crippen LogP contribution is -2.25. The van der Waals surface area contributed by atoms with E-state index in [2.05, 4.69) is 49.2 Å². The Morgan fingerprint density at radius 3 is 2.77 bits per heavy atom. The molecule has 154 valence electrons. The summed E-state index contributed by atoms with van der Waals surface area (Å²) in [4.78, 5) is 25.8. The molecule has 7 nitrogen and oxygen atoms in total. The minimum atomic E-state index is -0.133. The van der Waals surface area contributed by atoms with Crippen molar-refractivity contribution in [2.45, 2.75) is 19.5 Å². The Labute approximate surface area is 179 Å². The van der Waals surface area contributed by atoms with Crippen molar-refractivity contribution in [3.8, 4) is 0 Å². The molecule has 31 heavy (non-hydrogen) atoms. The molecule has 0 aliphatic rings. The second-order valence-electron chi connectivity index (χ2n) is 7.44. The van der Waals surface area contributed by atoms with Crippen LogP contribution in [0.15, 0.2) is 79.5 Å². The van der Waals surface area contributed by atoms with Crippen molar-refractivity contribution in [1.29, 1.82) is 0 Å². The number of rotatable bonds is 7. The van der Waals surface area contributed by atoms with Crippen LogP contribution in [0.3, 0.4) is 0 Å². The van der Waals surface area contributed by atoms with E-state index < -0.39 is 0 Å². The molecule has 0 aliphatic carbocycles. The van der Waals surface area contributed by atoms with Gasteiger partial charge < -0.3 is 14.5 Å². The van der Waals surface area contributed by atoms with Crippen molar-refractivity contribution >= 4 is 28.0 Å². The zero-order valence-electron chi connectivity index (χ0n) is 17.0. The summed E-state index contributed by atoms with van der Waals surface area (Å²) in [6, 6.07) is 18.0. The van der Waals surface area contributed by atoms with Gasteiger partial charge in [-0.25, -0.2) is 9.97 Å². The van der Waals surface area contributed by atoms with Gasteiger partial charge in [-0.1, -0.05) is 24.3 Å². The van der Waals surface area contributed by atoms with Crippen LogP contribution in [0.4, 0.5) is 0 Å². The topological polar surface area (TPSA) is 77.6 Å². The molecule has 5 rings (SSSR count). The quantitative estimate of drug-likeness (QED) is 0.416. The molecule has 4 aromatic heterocycles. The van der Waals surface area contributed by atoms with Crippen LogP contribution in [-0.4, -0.2) is 36.5 Å². The molecular formula is C24H22N6O. The predicted octanol–water partition coefficient (Wildman–Crippen LogP) is 3.65. The third kappa shape index (κ3) is 4.02. The van der Waals surface area contributed by atoms with Gasteiger partial charge >= 0.3 is 0 Å². The second-order valence-corrected chi connectivity index (χ2v) is 7.44. The molecule has 1 amide bonds. The molecule has 0 aliphatic heterocycles. The number of nitrogens with zero attached hydrogens (tertiary/aromatic N) is 5. The molecule has 0 saturated heterocycles. The summed E-state index contributed by atoms with van der Waals surface area (Å²) in [6.45, 7) is 2.03. The van der Waals surface area contributed by atoms with E-state index in [9.17, 15) is 4.79 Å². The normalized spacial score (nSPS) is 11.2. The Morgan fingerprint density at radius 2 is 1.87 bits per heavy atom. The predicted molar refractivity (Wildman–Crippen MR) is 120 cm³/mol. The van der Waals surface area contributed by atoms with Gasteiger partial charge in [0.25, 0.3) is 5.91 Å². The van der Waals surface area contributed by atoms with Crippen molar-refractivity contribution in [1.82, 2.24) is 29.4 Å². The van der Waals surface area contributed by atoms with Gasteiger partial charge in [-0.05, 0) is 42.1 Å². The molecule has 4 heterocycles. The first-order valence-electron chi connectivity index (χ1n) is 10.3. The summed E-state index contributed by atoms with van der Waals surface area (Å²) >= 11 is 0. The second kappa shape index (κ2) is 8.39. The number of carbonyl (C=O) groups excluding carboxylic acids is 1. The van der Waals surface area contributed by atoms with Crippen LogP contribution in [-0.2, 0) is 13.1 Å². The fourth-order valence-electron chi connectivity index (χ4n) is 3.74. The molecule has 1 N–H and O–H groups in total. The van der Waals surface area contributed by atoms with Crippen molar-refractivity contribution in [3.05, 3.63) is 90.8 Å². The third-order valence-electron chi connectivity index (χ3n) is 5.32. The summed E-state index contributed by atoms with van der Waals surface area (Å²) in [5.41, 5.74) is 4.09. The number of amides is 1. The summed E-state index contributed by atoms with van der Waals surface area (Å²) < 4.78 is 4.14. The lowest BCUT2D eigenvalue weighted by Gasteiger charge is -2.08. The zero-order valence-corrected chi connectivity index (χ0v) is 17.0. The number of carbonyl (C=O) groups is 1. The zero-order chi connectivity index (χ0) is 21.0. The standard InChI is InChI=1S/C24H22N6O/c31-24(26-11-5-12-29-13-9-18-6-1-2-8-22(18)29)19-14-21-23(27-15-19)30(17-28-21)16-20-7-3-4-10-25-20/h1-4,6-10,13-15,17H,5,11-12,16H2,(H,26,31). The molecular weight excluding hydrogens is 388 g/mol. The van der Waals surface area contributed by atoms with Crippen molar-refractivity contribution in [2.75, 3.05) is 6.54 Å². The van der Waals surface area contributed by atoms with Gasteiger partial charge in [0.2, 0.25) is 0 Å². The number of fused-ring (bicyclic) bond motifs is 2. The molecule has 0 bridgehead atoms. The number of benzene rings is 1. The molecule has 0 spiro atoms. The van der Waals surface area contributed by atoms with Gasteiger partial charge in [-0.3, -0.25) is 9.78 Å². The number of pyridine rings is 2. The van der Waals surface area contributed by atoms with E-state index in [1.54, 1.807) is 24.8 Å². The number of nitrogens with one attached hydrogen (secondary N) is 1. The van der Waals surface area contributed by atoms with Crippen LogP contribution < -0.4 is 5.32 Å². The van der Waals surface area contributed by atoms with Gasteiger partial charge in [0, 0.05) is 37.2 Å². The first-order chi connectivity index (χ1) is 15.3. The van der Waals surface area contributed by atoms with Gasteiger partial charge in [0.1, 0.15) is 5.52 Å². The van der Waals surface area contributed by atoms with E-state index in [-0.39, 0.29) is 5.91 Å². The Morgan fingerprint density at radius 1 is 0.968 bits per heavy atom.